The first kappa shape index (κ1) is 14.3. The van der Waals surface area contributed by atoms with Crippen molar-refractivity contribution in [3.8, 4) is 0 Å². The summed E-state index contributed by atoms with van der Waals surface area (Å²) in [5.41, 5.74) is 0. The topological polar surface area (TPSA) is 44.8 Å². The van der Waals surface area contributed by atoms with E-state index in [2.05, 4.69) is 22.0 Å². The summed E-state index contributed by atoms with van der Waals surface area (Å²) in [5.74, 6) is 1.02. The van der Waals surface area contributed by atoms with Gasteiger partial charge in [-0.1, -0.05) is 6.92 Å². The van der Waals surface area contributed by atoms with E-state index in [1.807, 2.05) is 0 Å². The van der Waals surface area contributed by atoms with Gasteiger partial charge in [-0.2, -0.15) is 0 Å². The minimum atomic E-state index is -0.277. The Labute approximate surface area is 121 Å². The van der Waals surface area contributed by atoms with Crippen LogP contribution in [0.1, 0.15) is 26.2 Å². The van der Waals surface area contributed by atoms with Crippen LogP contribution in [0.3, 0.4) is 0 Å². The summed E-state index contributed by atoms with van der Waals surface area (Å²) in [7, 11) is 0. The van der Waals surface area contributed by atoms with Gasteiger partial charge in [0.1, 0.15) is 6.10 Å². The van der Waals surface area contributed by atoms with Gasteiger partial charge in [0.05, 0.1) is 6.61 Å². The molecule has 2 aliphatic heterocycles. The highest BCUT2D eigenvalue weighted by molar-refractivity contribution is 5.81. The monoisotopic (exact) mass is 281 g/mol. The van der Waals surface area contributed by atoms with Gasteiger partial charge in [-0.15, -0.1) is 0 Å². The van der Waals surface area contributed by atoms with Gasteiger partial charge >= 0.3 is 0 Å². The van der Waals surface area contributed by atoms with Gasteiger partial charge in [0.25, 0.3) is 5.91 Å². The third kappa shape index (κ3) is 3.71. The molecule has 0 aromatic rings. The number of hydrogen-bond acceptors (Lipinski definition) is 4. The lowest BCUT2D eigenvalue weighted by Crippen LogP contribution is -2.52. The van der Waals surface area contributed by atoms with Crippen LogP contribution in [0.4, 0.5) is 0 Å². The summed E-state index contributed by atoms with van der Waals surface area (Å²) in [4.78, 5) is 17.1. The van der Waals surface area contributed by atoms with Crippen LogP contribution < -0.4 is 5.32 Å². The van der Waals surface area contributed by atoms with E-state index < -0.39 is 0 Å². The molecule has 0 aromatic carbocycles. The Balaban J connectivity index is 1.41. The zero-order valence-electron chi connectivity index (χ0n) is 12.5. The molecule has 5 nitrogen and oxygen atoms in total. The number of carbonyl (C=O) groups is 1. The van der Waals surface area contributed by atoms with Gasteiger partial charge in [0.15, 0.2) is 0 Å². The second-order valence-corrected chi connectivity index (χ2v) is 6.45. The van der Waals surface area contributed by atoms with E-state index in [9.17, 15) is 4.79 Å². The maximum absolute atomic E-state index is 12.3. The first-order valence-corrected chi connectivity index (χ1v) is 8.11. The minimum absolute atomic E-state index is 0.0846. The van der Waals surface area contributed by atoms with Gasteiger partial charge in [-0.25, -0.2) is 0 Å². The fraction of sp³-hybridized carbons (Fsp3) is 0.933. The summed E-state index contributed by atoms with van der Waals surface area (Å²) < 4.78 is 5.62. The molecule has 1 saturated carbocycles. The molecule has 0 aromatic heterocycles. The smallest absolute Gasteiger partial charge is 0.250 e. The van der Waals surface area contributed by atoms with Crippen molar-refractivity contribution in [1.82, 2.24) is 15.1 Å². The lowest BCUT2D eigenvalue weighted by atomic mass is 10.2. The normalized spacial score (nSPS) is 32.5. The molecule has 3 rings (SSSR count). The Morgan fingerprint density at radius 2 is 2.05 bits per heavy atom. The third-order valence-corrected chi connectivity index (χ3v) is 4.72. The molecule has 5 heteroatoms. The minimum Gasteiger partial charge on any atom is -0.366 e. The number of likely N-dealkylation sites (tertiary alicyclic amines) is 1. The number of carbonyl (C=O) groups excluding carboxylic acids is 1. The van der Waals surface area contributed by atoms with E-state index >= 15 is 0 Å². The van der Waals surface area contributed by atoms with Crippen molar-refractivity contribution < 1.29 is 9.53 Å². The Morgan fingerprint density at radius 3 is 2.80 bits per heavy atom. The van der Waals surface area contributed by atoms with E-state index in [-0.39, 0.29) is 12.0 Å². The summed E-state index contributed by atoms with van der Waals surface area (Å²) in [5, 5.41) is 3.18. The summed E-state index contributed by atoms with van der Waals surface area (Å²) >= 11 is 0. The van der Waals surface area contributed by atoms with Crippen LogP contribution in [0, 0.1) is 5.92 Å². The molecule has 0 bridgehead atoms. The molecule has 3 fully saturated rings. The SMILES string of the molecule is CCN1CCO[C@@H](C(=O)N[C@@H]2CCN(CC3CC3)C2)C1. The first-order valence-electron chi connectivity index (χ1n) is 8.11. The molecule has 0 spiro atoms. The predicted molar refractivity (Wildman–Crippen MR) is 77.6 cm³/mol. The van der Waals surface area contributed by atoms with Crippen LogP contribution in [0.5, 0.6) is 0 Å². The van der Waals surface area contributed by atoms with Crippen LogP contribution in [0.2, 0.25) is 0 Å². The molecule has 20 heavy (non-hydrogen) atoms. The van der Waals surface area contributed by atoms with Crippen molar-refractivity contribution in [2.75, 3.05) is 45.9 Å². The molecular weight excluding hydrogens is 254 g/mol. The van der Waals surface area contributed by atoms with E-state index in [0.29, 0.717) is 12.6 Å². The Bertz CT molecular complexity index is 346. The van der Waals surface area contributed by atoms with E-state index in [0.717, 1.165) is 45.1 Å². The second-order valence-electron chi connectivity index (χ2n) is 6.45. The number of nitrogens with one attached hydrogen (secondary N) is 1. The summed E-state index contributed by atoms with van der Waals surface area (Å²) in [6, 6.07) is 0.321. The Kier molecular flexibility index (Phi) is 4.58. The fourth-order valence-electron chi connectivity index (χ4n) is 3.22. The van der Waals surface area contributed by atoms with Crippen molar-refractivity contribution in [2.24, 2.45) is 5.92 Å². The quantitative estimate of drug-likeness (QED) is 0.788. The van der Waals surface area contributed by atoms with Crippen LogP contribution in [0.25, 0.3) is 0 Å². The van der Waals surface area contributed by atoms with Crippen LogP contribution in [-0.4, -0.2) is 73.7 Å². The molecule has 2 saturated heterocycles. The maximum atomic E-state index is 12.3. The van der Waals surface area contributed by atoms with Crippen molar-refractivity contribution in [3.05, 3.63) is 0 Å². The van der Waals surface area contributed by atoms with Gasteiger partial charge in [0.2, 0.25) is 0 Å². The number of likely N-dealkylation sites (N-methyl/N-ethyl adjacent to an activating group) is 1. The number of amides is 1. The van der Waals surface area contributed by atoms with E-state index in [1.54, 1.807) is 0 Å². The Hall–Kier alpha value is -0.650. The van der Waals surface area contributed by atoms with Gasteiger partial charge in [-0.05, 0) is 31.7 Å². The molecule has 0 unspecified atom stereocenters. The highest BCUT2D eigenvalue weighted by Crippen LogP contribution is 2.30. The molecule has 1 N–H and O–H groups in total. The zero-order valence-corrected chi connectivity index (χ0v) is 12.5. The van der Waals surface area contributed by atoms with E-state index in [1.165, 1.54) is 19.4 Å². The largest absolute Gasteiger partial charge is 0.366 e. The van der Waals surface area contributed by atoms with Crippen LogP contribution >= 0.6 is 0 Å². The molecule has 1 amide bonds. The highest BCUT2D eigenvalue weighted by Gasteiger charge is 2.32. The number of morpholine rings is 1. The average Bonchev–Trinajstić information content (AvgIpc) is 3.18. The van der Waals surface area contributed by atoms with Gasteiger partial charge in [-0.3, -0.25) is 9.69 Å². The summed E-state index contributed by atoms with van der Waals surface area (Å²) in [6.07, 6.45) is 3.61. The molecule has 0 radical (unpaired) electrons. The number of hydrogen-bond donors (Lipinski definition) is 1. The van der Waals surface area contributed by atoms with Crippen molar-refractivity contribution in [2.45, 2.75) is 38.3 Å². The first-order chi connectivity index (χ1) is 9.74. The predicted octanol–water partition coefficient (Wildman–Crippen LogP) is 0.308. The van der Waals surface area contributed by atoms with Gasteiger partial charge < -0.3 is 15.0 Å². The van der Waals surface area contributed by atoms with Crippen molar-refractivity contribution in [3.63, 3.8) is 0 Å². The molecule has 2 atom stereocenters. The molecular formula is C15H27N3O2. The van der Waals surface area contributed by atoms with Gasteiger partial charge in [0, 0.05) is 38.8 Å². The number of rotatable bonds is 5. The molecule has 1 aliphatic carbocycles. The molecule has 2 heterocycles. The average molecular weight is 281 g/mol. The van der Waals surface area contributed by atoms with Crippen LogP contribution in [0.15, 0.2) is 0 Å². The van der Waals surface area contributed by atoms with Crippen molar-refractivity contribution in [1.29, 1.82) is 0 Å². The lowest BCUT2D eigenvalue weighted by Gasteiger charge is -2.31. The summed E-state index contributed by atoms with van der Waals surface area (Å²) in [6.45, 7) is 8.86. The Morgan fingerprint density at radius 1 is 1.20 bits per heavy atom. The standard InChI is InChI=1S/C15H27N3O2/c1-2-17-7-8-20-14(11-17)15(19)16-13-5-6-18(10-13)9-12-3-4-12/h12-14H,2-11H2,1H3,(H,16,19)/t13-,14-/m1/s1. The molecule has 114 valence electrons. The fourth-order valence-corrected chi connectivity index (χ4v) is 3.22. The second kappa shape index (κ2) is 6.41. The van der Waals surface area contributed by atoms with E-state index in [4.69, 9.17) is 4.74 Å². The number of nitrogens with zero attached hydrogens (tertiary/aromatic N) is 2. The highest BCUT2D eigenvalue weighted by atomic mass is 16.5. The zero-order chi connectivity index (χ0) is 13.9. The van der Waals surface area contributed by atoms with Crippen molar-refractivity contribution >= 4 is 5.91 Å². The third-order valence-electron chi connectivity index (χ3n) is 4.72. The lowest BCUT2D eigenvalue weighted by molar-refractivity contribution is -0.139. The maximum Gasteiger partial charge on any atom is 0.250 e. The molecule has 3 aliphatic rings. The number of ether oxygens (including phenoxy) is 1. The van der Waals surface area contributed by atoms with Crippen LogP contribution in [-0.2, 0) is 9.53 Å².